The number of aliphatic carboxylic acids is 1. The van der Waals surface area contributed by atoms with Crippen LogP contribution in [-0.4, -0.2) is 41.3 Å². The molecule has 7 nitrogen and oxygen atoms in total. The highest BCUT2D eigenvalue weighted by atomic mass is 32.2. The summed E-state index contributed by atoms with van der Waals surface area (Å²) >= 11 is 0. The van der Waals surface area contributed by atoms with Crippen molar-refractivity contribution < 1.29 is 28.2 Å². The molecule has 0 saturated carbocycles. The van der Waals surface area contributed by atoms with Crippen LogP contribution >= 0.6 is 0 Å². The van der Waals surface area contributed by atoms with Crippen molar-refractivity contribution in [2.75, 3.05) is 6.61 Å². The molecule has 0 bridgehead atoms. The molecule has 0 amide bonds. The fraction of sp³-hybridized carbons (Fsp3) is 0.190. The van der Waals surface area contributed by atoms with Crippen LogP contribution < -0.4 is 0 Å². The second-order valence-corrected chi connectivity index (χ2v) is 8.21. The Bertz CT molecular complexity index is 1120. The number of aromatic nitrogens is 1. The molecule has 1 aromatic heterocycles. The molecule has 1 heterocycles. The van der Waals surface area contributed by atoms with E-state index in [1.165, 1.54) is 30.5 Å². The molecule has 152 valence electrons. The minimum Gasteiger partial charge on any atom is -0.479 e. The van der Waals surface area contributed by atoms with E-state index in [2.05, 4.69) is 6.58 Å². The summed E-state index contributed by atoms with van der Waals surface area (Å²) in [4.78, 5) is 11.6. The standard InChI is InChI=1S/C21H21NO6S/c1-2-3-13-28-20(21(24)25)19(23)16-9-10-18-15(14-16)11-12-22(18)29(26,27)17-7-5-4-6-8-17/h2,4-12,14,19-20,23H,1,3,13H2,(H,24,25). The largest absolute Gasteiger partial charge is 0.479 e. The summed E-state index contributed by atoms with van der Waals surface area (Å²) < 4.78 is 32.2. The van der Waals surface area contributed by atoms with Gasteiger partial charge >= 0.3 is 5.97 Å². The smallest absolute Gasteiger partial charge is 0.335 e. The molecule has 2 atom stereocenters. The summed E-state index contributed by atoms with van der Waals surface area (Å²) in [6, 6.07) is 14.2. The molecule has 8 heteroatoms. The van der Waals surface area contributed by atoms with Crippen molar-refractivity contribution in [3.8, 4) is 0 Å². The van der Waals surface area contributed by atoms with Gasteiger partial charge in [-0.2, -0.15) is 0 Å². The summed E-state index contributed by atoms with van der Waals surface area (Å²) in [6.07, 6.45) is 0.625. The van der Waals surface area contributed by atoms with Gasteiger partial charge in [-0.1, -0.05) is 30.3 Å². The Balaban J connectivity index is 1.94. The number of carboxylic acids is 1. The molecule has 0 radical (unpaired) electrons. The first kappa shape index (κ1) is 20.8. The van der Waals surface area contributed by atoms with E-state index in [-0.39, 0.29) is 11.5 Å². The number of aliphatic hydroxyl groups excluding tert-OH is 1. The van der Waals surface area contributed by atoms with Crippen LogP contribution in [-0.2, 0) is 19.6 Å². The maximum absolute atomic E-state index is 12.9. The third-order valence-electron chi connectivity index (χ3n) is 4.47. The third kappa shape index (κ3) is 4.24. The van der Waals surface area contributed by atoms with Gasteiger partial charge in [0.1, 0.15) is 6.10 Å². The van der Waals surface area contributed by atoms with Gasteiger partial charge < -0.3 is 14.9 Å². The lowest BCUT2D eigenvalue weighted by atomic mass is 10.0. The monoisotopic (exact) mass is 415 g/mol. The number of ether oxygens (including phenoxy) is 1. The Morgan fingerprint density at radius 3 is 2.55 bits per heavy atom. The molecular formula is C21H21NO6S. The Labute approximate surface area is 168 Å². The SMILES string of the molecule is C=CCCOC(C(=O)O)C(O)c1ccc2c(ccn2S(=O)(=O)c2ccccc2)c1. The number of hydrogen-bond donors (Lipinski definition) is 2. The summed E-state index contributed by atoms with van der Waals surface area (Å²) in [7, 11) is -3.77. The maximum atomic E-state index is 12.9. The third-order valence-corrected chi connectivity index (χ3v) is 6.17. The molecule has 2 N–H and O–H groups in total. The maximum Gasteiger partial charge on any atom is 0.335 e. The van der Waals surface area contributed by atoms with Gasteiger partial charge in [0, 0.05) is 11.6 Å². The Hall–Kier alpha value is -2.94. The van der Waals surface area contributed by atoms with Crippen molar-refractivity contribution in [3.63, 3.8) is 0 Å². The average molecular weight is 415 g/mol. The number of benzene rings is 2. The van der Waals surface area contributed by atoms with Crippen LogP contribution in [0.1, 0.15) is 18.1 Å². The second kappa shape index (κ2) is 8.60. The number of nitrogens with zero attached hydrogens (tertiary/aromatic N) is 1. The molecule has 0 spiro atoms. The molecule has 29 heavy (non-hydrogen) atoms. The molecule has 0 aliphatic heterocycles. The Morgan fingerprint density at radius 2 is 1.90 bits per heavy atom. The van der Waals surface area contributed by atoms with Gasteiger partial charge in [0.25, 0.3) is 10.0 Å². The number of carbonyl (C=O) groups is 1. The van der Waals surface area contributed by atoms with E-state index in [0.717, 1.165) is 3.97 Å². The van der Waals surface area contributed by atoms with Crippen molar-refractivity contribution in [3.05, 3.63) is 79.0 Å². The van der Waals surface area contributed by atoms with Gasteiger partial charge in [-0.05, 0) is 42.3 Å². The Morgan fingerprint density at radius 1 is 1.17 bits per heavy atom. The lowest BCUT2D eigenvalue weighted by Gasteiger charge is -2.20. The zero-order valence-electron chi connectivity index (χ0n) is 15.5. The second-order valence-electron chi connectivity index (χ2n) is 6.40. The van der Waals surface area contributed by atoms with E-state index in [1.54, 1.807) is 36.4 Å². The highest BCUT2D eigenvalue weighted by Crippen LogP contribution is 2.27. The van der Waals surface area contributed by atoms with Crippen molar-refractivity contribution in [1.82, 2.24) is 3.97 Å². The van der Waals surface area contributed by atoms with Gasteiger partial charge in [0.2, 0.25) is 0 Å². The number of rotatable bonds is 9. The molecule has 0 aliphatic carbocycles. The van der Waals surface area contributed by atoms with Crippen LogP contribution in [0.25, 0.3) is 10.9 Å². The first-order valence-electron chi connectivity index (χ1n) is 8.91. The van der Waals surface area contributed by atoms with Crippen LogP contribution in [0.2, 0.25) is 0 Å². The molecule has 0 aliphatic rings. The van der Waals surface area contributed by atoms with E-state index in [0.29, 0.717) is 22.9 Å². The van der Waals surface area contributed by atoms with E-state index >= 15 is 0 Å². The molecular weight excluding hydrogens is 394 g/mol. The van der Waals surface area contributed by atoms with Crippen molar-refractivity contribution in [2.45, 2.75) is 23.5 Å². The highest BCUT2D eigenvalue weighted by Gasteiger charge is 2.29. The van der Waals surface area contributed by atoms with Crippen molar-refractivity contribution in [1.29, 1.82) is 0 Å². The molecule has 2 unspecified atom stereocenters. The minimum atomic E-state index is -3.77. The summed E-state index contributed by atoms with van der Waals surface area (Å²) in [6.45, 7) is 3.66. The fourth-order valence-electron chi connectivity index (χ4n) is 2.99. The van der Waals surface area contributed by atoms with E-state index in [4.69, 9.17) is 4.74 Å². The molecule has 2 aromatic carbocycles. The quantitative estimate of drug-likeness (QED) is 0.411. The zero-order chi connectivity index (χ0) is 21.0. The van der Waals surface area contributed by atoms with E-state index in [1.807, 2.05) is 0 Å². The van der Waals surface area contributed by atoms with Crippen molar-refractivity contribution >= 4 is 26.9 Å². The Kier molecular flexibility index (Phi) is 6.17. The van der Waals surface area contributed by atoms with Gasteiger partial charge in [0.05, 0.1) is 17.0 Å². The first-order valence-corrected chi connectivity index (χ1v) is 10.4. The fourth-order valence-corrected chi connectivity index (χ4v) is 4.36. The summed E-state index contributed by atoms with van der Waals surface area (Å²) in [5.41, 5.74) is 0.739. The summed E-state index contributed by atoms with van der Waals surface area (Å²) in [5.74, 6) is -1.29. The number of fused-ring (bicyclic) bond motifs is 1. The number of carboxylic acid groups (broad SMARTS) is 1. The van der Waals surface area contributed by atoms with Crippen molar-refractivity contribution in [2.24, 2.45) is 0 Å². The topological polar surface area (TPSA) is 106 Å². The molecule has 0 saturated heterocycles. The average Bonchev–Trinajstić information content (AvgIpc) is 3.15. The molecule has 0 fully saturated rings. The molecule has 3 rings (SSSR count). The van der Waals surface area contributed by atoms with Gasteiger partial charge in [0.15, 0.2) is 6.10 Å². The van der Waals surface area contributed by atoms with Crippen LogP contribution in [0.3, 0.4) is 0 Å². The predicted octanol–water partition coefficient (Wildman–Crippen LogP) is 2.96. The van der Waals surface area contributed by atoms with Gasteiger partial charge in [-0.3, -0.25) is 0 Å². The first-order chi connectivity index (χ1) is 13.9. The van der Waals surface area contributed by atoms with Crippen LogP contribution in [0, 0.1) is 0 Å². The summed E-state index contributed by atoms with van der Waals surface area (Å²) in [5, 5.41) is 20.4. The van der Waals surface area contributed by atoms with Crippen LogP contribution in [0.5, 0.6) is 0 Å². The van der Waals surface area contributed by atoms with Gasteiger partial charge in [-0.15, -0.1) is 6.58 Å². The lowest BCUT2D eigenvalue weighted by molar-refractivity contribution is -0.158. The predicted molar refractivity (Wildman–Crippen MR) is 108 cm³/mol. The van der Waals surface area contributed by atoms with E-state index < -0.39 is 28.2 Å². The highest BCUT2D eigenvalue weighted by molar-refractivity contribution is 7.90. The zero-order valence-corrected chi connectivity index (χ0v) is 16.3. The minimum absolute atomic E-state index is 0.117. The lowest BCUT2D eigenvalue weighted by Crippen LogP contribution is -2.31. The van der Waals surface area contributed by atoms with Crippen LogP contribution in [0.4, 0.5) is 0 Å². The van der Waals surface area contributed by atoms with Gasteiger partial charge in [-0.25, -0.2) is 17.2 Å². The van der Waals surface area contributed by atoms with Crippen LogP contribution in [0.15, 0.2) is 78.3 Å². The van der Waals surface area contributed by atoms with E-state index in [9.17, 15) is 23.4 Å². The molecule has 3 aromatic rings. The number of hydrogen-bond acceptors (Lipinski definition) is 5. The normalized spacial score (nSPS) is 13.8. The number of aliphatic hydroxyl groups is 1.